The first-order chi connectivity index (χ1) is 18.0. The first-order valence-electron chi connectivity index (χ1n) is 14.2. The molecule has 2 N–H and O–H groups in total. The molecule has 200 valence electrons. The van der Waals surface area contributed by atoms with Crippen molar-refractivity contribution in [1.29, 1.82) is 0 Å². The summed E-state index contributed by atoms with van der Waals surface area (Å²) in [6, 6.07) is 11.6. The molecule has 37 heavy (non-hydrogen) atoms. The number of nitrogen functional groups attached to an aromatic ring is 1. The predicted molar refractivity (Wildman–Crippen MR) is 153 cm³/mol. The van der Waals surface area contributed by atoms with Crippen molar-refractivity contribution in [2.75, 3.05) is 25.4 Å². The maximum atomic E-state index is 13.8. The van der Waals surface area contributed by atoms with E-state index in [1.807, 2.05) is 24.3 Å². The SMILES string of the molecule is CCCCc1oc2ccc(CC=O)c(N)c2c1C(=O)c1ccc(CCCN(CCCC)CCCC)cc1. The molecular weight excluding hydrogens is 460 g/mol. The van der Waals surface area contributed by atoms with Crippen molar-refractivity contribution in [1.82, 2.24) is 4.90 Å². The van der Waals surface area contributed by atoms with Crippen LogP contribution in [-0.2, 0) is 24.1 Å². The molecule has 5 nitrogen and oxygen atoms in total. The van der Waals surface area contributed by atoms with E-state index in [1.54, 1.807) is 0 Å². The molecule has 1 heterocycles. The highest BCUT2D eigenvalue weighted by atomic mass is 16.3. The second kappa shape index (κ2) is 14.7. The van der Waals surface area contributed by atoms with Crippen LogP contribution in [0.3, 0.4) is 0 Å². The van der Waals surface area contributed by atoms with E-state index in [9.17, 15) is 9.59 Å². The number of ketones is 1. The topological polar surface area (TPSA) is 76.5 Å². The molecule has 2 aromatic carbocycles. The summed E-state index contributed by atoms with van der Waals surface area (Å²) < 4.78 is 6.12. The molecule has 0 bridgehead atoms. The lowest BCUT2D eigenvalue weighted by atomic mass is 9.95. The molecule has 5 heteroatoms. The normalized spacial score (nSPS) is 11.5. The molecule has 0 spiro atoms. The number of nitrogens with zero attached hydrogens (tertiary/aromatic N) is 1. The number of rotatable bonds is 17. The number of carbonyl (C=O) groups is 2. The maximum absolute atomic E-state index is 13.8. The van der Waals surface area contributed by atoms with E-state index in [-0.39, 0.29) is 12.2 Å². The minimum Gasteiger partial charge on any atom is -0.460 e. The van der Waals surface area contributed by atoms with Gasteiger partial charge in [-0.3, -0.25) is 4.79 Å². The van der Waals surface area contributed by atoms with Gasteiger partial charge < -0.3 is 19.8 Å². The van der Waals surface area contributed by atoms with Crippen molar-refractivity contribution in [3.63, 3.8) is 0 Å². The third-order valence-electron chi connectivity index (χ3n) is 7.16. The summed E-state index contributed by atoms with van der Waals surface area (Å²) in [5.74, 6) is 0.608. The van der Waals surface area contributed by atoms with E-state index in [0.29, 0.717) is 40.0 Å². The Morgan fingerprint density at radius 2 is 1.51 bits per heavy atom. The van der Waals surface area contributed by atoms with Crippen LogP contribution >= 0.6 is 0 Å². The predicted octanol–water partition coefficient (Wildman–Crippen LogP) is 7.16. The zero-order chi connectivity index (χ0) is 26.6. The van der Waals surface area contributed by atoms with Gasteiger partial charge in [0.15, 0.2) is 5.78 Å². The molecule has 0 amide bonds. The summed E-state index contributed by atoms with van der Waals surface area (Å²) in [6.45, 7) is 10.1. The number of aryl methyl sites for hydroxylation is 2. The molecule has 1 aromatic heterocycles. The van der Waals surface area contributed by atoms with Gasteiger partial charge in [0.2, 0.25) is 0 Å². The molecule has 0 aliphatic carbocycles. The van der Waals surface area contributed by atoms with E-state index < -0.39 is 0 Å². The van der Waals surface area contributed by atoms with E-state index >= 15 is 0 Å². The molecular formula is C32H44N2O3. The molecule has 0 aliphatic rings. The van der Waals surface area contributed by atoms with Crippen LogP contribution in [0.2, 0.25) is 0 Å². The first kappa shape index (κ1) is 28.6. The van der Waals surface area contributed by atoms with Crippen LogP contribution in [0.15, 0.2) is 40.8 Å². The van der Waals surface area contributed by atoms with Gasteiger partial charge in [-0.1, -0.05) is 70.4 Å². The molecule has 0 fully saturated rings. The molecule has 3 aromatic rings. The van der Waals surface area contributed by atoms with Crippen LogP contribution in [0.1, 0.15) is 98.5 Å². The smallest absolute Gasteiger partial charge is 0.197 e. The van der Waals surface area contributed by atoms with E-state index in [2.05, 4.69) is 37.8 Å². The number of hydrogen-bond donors (Lipinski definition) is 1. The minimum absolute atomic E-state index is 0.0725. The maximum Gasteiger partial charge on any atom is 0.197 e. The van der Waals surface area contributed by atoms with Crippen molar-refractivity contribution < 1.29 is 14.0 Å². The minimum atomic E-state index is -0.0725. The van der Waals surface area contributed by atoms with E-state index in [1.165, 1.54) is 44.3 Å². The summed E-state index contributed by atoms with van der Waals surface area (Å²) >= 11 is 0. The quantitative estimate of drug-likeness (QED) is 0.120. The number of carbonyl (C=O) groups excluding carboxylic acids is 2. The van der Waals surface area contributed by atoms with Crippen LogP contribution < -0.4 is 5.73 Å². The number of anilines is 1. The number of nitrogens with two attached hydrogens (primary N) is 1. The van der Waals surface area contributed by atoms with Gasteiger partial charge >= 0.3 is 0 Å². The third kappa shape index (κ3) is 7.54. The highest BCUT2D eigenvalue weighted by Gasteiger charge is 2.24. The highest BCUT2D eigenvalue weighted by molar-refractivity contribution is 6.19. The average Bonchev–Trinajstić information content (AvgIpc) is 3.29. The summed E-state index contributed by atoms with van der Waals surface area (Å²) in [4.78, 5) is 27.5. The monoisotopic (exact) mass is 504 g/mol. The molecule has 0 saturated carbocycles. The van der Waals surface area contributed by atoms with Crippen molar-refractivity contribution in [3.8, 4) is 0 Å². The lowest BCUT2D eigenvalue weighted by Crippen LogP contribution is -2.27. The van der Waals surface area contributed by atoms with Crippen molar-refractivity contribution in [2.45, 2.75) is 85.0 Å². The van der Waals surface area contributed by atoms with E-state index in [4.69, 9.17) is 10.2 Å². The molecule has 0 atom stereocenters. The largest absolute Gasteiger partial charge is 0.460 e. The van der Waals surface area contributed by atoms with Crippen LogP contribution in [0, 0.1) is 0 Å². The van der Waals surface area contributed by atoms with Crippen LogP contribution in [0.25, 0.3) is 11.0 Å². The lowest BCUT2D eigenvalue weighted by molar-refractivity contribution is -0.107. The molecule has 0 aliphatic heterocycles. The molecule has 0 radical (unpaired) electrons. The van der Waals surface area contributed by atoms with Crippen molar-refractivity contribution in [3.05, 3.63) is 64.4 Å². The van der Waals surface area contributed by atoms with Gasteiger partial charge in [0.05, 0.1) is 10.9 Å². The molecule has 0 saturated heterocycles. The van der Waals surface area contributed by atoms with Crippen LogP contribution in [-0.4, -0.2) is 36.6 Å². The number of fused-ring (bicyclic) bond motifs is 1. The van der Waals surface area contributed by atoms with Gasteiger partial charge in [-0.05, 0) is 68.9 Å². The summed E-state index contributed by atoms with van der Waals surface area (Å²) in [5, 5.41) is 0.638. The summed E-state index contributed by atoms with van der Waals surface area (Å²) in [7, 11) is 0. The number of aldehydes is 1. The van der Waals surface area contributed by atoms with Crippen LogP contribution in [0.5, 0.6) is 0 Å². The standard InChI is InChI=1S/C32H44N2O3/c1-4-7-12-27-30(29-28(37-27)18-17-25(19-23-35)31(29)33)32(36)26-15-13-24(14-16-26)11-10-22-34(20-8-5-2)21-9-6-3/h13-18,23H,4-12,19-22,33H2,1-3H3. The summed E-state index contributed by atoms with van der Waals surface area (Å²) in [5.41, 5.74) is 10.7. The average molecular weight is 505 g/mol. The first-order valence-corrected chi connectivity index (χ1v) is 14.2. The van der Waals surface area contributed by atoms with Gasteiger partial charge in [0.1, 0.15) is 17.6 Å². The Morgan fingerprint density at radius 1 is 0.865 bits per heavy atom. The Hall–Kier alpha value is -2.92. The zero-order valence-corrected chi connectivity index (χ0v) is 23.0. The number of unbranched alkanes of at least 4 members (excludes halogenated alkanes) is 3. The fourth-order valence-corrected chi connectivity index (χ4v) is 4.90. The van der Waals surface area contributed by atoms with Gasteiger partial charge in [-0.25, -0.2) is 0 Å². The Morgan fingerprint density at radius 3 is 2.14 bits per heavy atom. The van der Waals surface area contributed by atoms with Gasteiger partial charge in [-0.2, -0.15) is 0 Å². The third-order valence-corrected chi connectivity index (χ3v) is 7.16. The van der Waals surface area contributed by atoms with Gasteiger partial charge in [0.25, 0.3) is 0 Å². The fraction of sp³-hybridized carbons (Fsp3) is 0.500. The highest BCUT2D eigenvalue weighted by Crippen LogP contribution is 2.35. The summed E-state index contributed by atoms with van der Waals surface area (Å²) in [6.07, 6.45) is 10.7. The zero-order valence-electron chi connectivity index (χ0n) is 23.0. The molecule has 3 rings (SSSR count). The second-order valence-corrected chi connectivity index (χ2v) is 10.1. The Bertz CT molecular complexity index is 1140. The number of hydrogen-bond acceptors (Lipinski definition) is 5. The number of furan rings is 1. The number of benzene rings is 2. The Labute approximate surface area is 222 Å². The van der Waals surface area contributed by atoms with Gasteiger partial charge in [-0.15, -0.1) is 0 Å². The second-order valence-electron chi connectivity index (χ2n) is 10.1. The fourth-order valence-electron chi connectivity index (χ4n) is 4.90. The lowest BCUT2D eigenvalue weighted by Gasteiger charge is -2.21. The van der Waals surface area contributed by atoms with Crippen molar-refractivity contribution >= 4 is 28.7 Å². The molecule has 0 unspecified atom stereocenters. The Kier molecular flexibility index (Phi) is 11.4. The van der Waals surface area contributed by atoms with Crippen molar-refractivity contribution in [2.24, 2.45) is 0 Å². The Balaban J connectivity index is 1.78. The van der Waals surface area contributed by atoms with Gasteiger partial charge in [0, 0.05) is 24.1 Å². The van der Waals surface area contributed by atoms with Crippen LogP contribution in [0.4, 0.5) is 5.69 Å². The van der Waals surface area contributed by atoms with E-state index in [0.717, 1.165) is 44.1 Å².